The monoisotopic (exact) mass is 290 g/mol. The van der Waals surface area contributed by atoms with Crippen LogP contribution >= 0.6 is 0 Å². The van der Waals surface area contributed by atoms with Crippen LogP contribution in [0.15, 0.2) is 23.1 Å². The van der Waals surface area contributed by atoms with Crippen molar-refractivity contribution in [3.63, 3.8) is 0 Å². The standard InChI is InChI=1S/C11H12F2N2O3S/c12-8-2-3-10(9(13)6-8)19(17,18)15-5-1-4-14-11(16)7-15/h2-3,6H,1,4-5,7H2,(H,14,16). The average Bonchev–Trinajstić information content (AvgIpc) is 2.53. The van der Waals surface area contributed by atoms with Crippen molar-refractivity contribution in [3.8, 4) is 0 Å². The second-order valence-corrected chi connectivity index (χ2v) is 6.02. The number of carbonyl (C=O) groups is 1. The Labute approximate surface area is 109 Å². The van der Waals surface area contributed by atoms with E-state index in [0.717, 1.165) is 16.4 Å². The van der Waals surface area contributed by atoms with Gasteiger partial charge in [-0.05, 0) is 18.6 Å². The molecule has 5 nitrogen and oxygen atoms in total. The van der Waals surface area contributed by atoms with Crippen LogP contribution in [0.25, 0.3) is 0 Å². The molecule has 0 unspecified atom stereocenters. The summed E-state index contributed by atoms with van der Waals surface area (Å²) in [5, 5.41) is 2.52. The first-order valence-corrected chi connectivity index (χ1v) is 7.07. The number of sulfonamides is 1. The minimum atomic E-state index is -4.13. The minimum Gasteiger partial charge on any atom is -0.355 e. The Balaban J connectivity index is 2.38. The fraction of sp³-hybridized carbons (Fsp3) is 0.364. The van der Waals surface area contributed by atoms with Crippen molar-refractivity contribution < 1.29 is 22.0 Å². The number of benzene rings is 1. The molecule has 0 aliphatic carbocycles. The summed E-state index contributed by atoms with van der Waals surface area (Å²) in [5.41, 5.74) is 0. The molecule has 1 fully saturated rings. The van der Waals surface area contributed by atoms with E-state index in [1.165, 1.54) is 0 Å². The second-order valence-electron chi connectivity index (χ2n) is 4.12. The van der Waals surface area contributed by atoms with Crippen LogP contribution in [-0.2, 0) is 14.8 Å². The second kappa shape index (κ2) is 5.22. The van der Waals surface area contributed by atoms with Crippen LogP contribution in [0.2, 0.25) is 0 Å². The molecule has 1 aromatic rings. The van der Waals surface area contributed by atoms with E-state index in [1.807, 2.05) is 0 Å². The topological polar surface area (TPSA) is 66.5 Å². The quantitative estimate of drug-likeness (QED) is 0.861. The first-order chi connectivity index (χ1) is 8.91. The molecule has 1 N–H and O–H groups in total. The Kier molecular flexibility index (Phi) is 3.81. The van der Waals surface area contributed by atoms with Gasteiger partial charge in [0.2, 0.25) is 15.9 Å². The summed E-state index contributed by atoms with van der Waals surface area (Å²) in [6.07, 6.45) is 0.438. The van der Waals surface area contributed by atoms with Crippen molar-refractivity contribution in [2.75, 3.05) is 19.6 Å². The summed E-state index contributed by atoms with van der Waals surface area (Å²) in [6, 6.07) is 2.24. The third-order valence-electron chi connectivity index (χ3n) is 2.74. The van der Waals surface area contributed by atoms with E-state index >= 15 is 0 Å². The van der Waals surface area contributed by atoms with Gasteiger partial charge in [0.15, 0.2) is 0 Å². The summed E-state index contributed by atoms with van der Waals surface area (Å²) in [4.78, 5) is 10.7. The van der Waals surface area contributed by atoms with Crippen molar-refractivity contribution in [2.45, 2.75) is 11.3 Å². The van der Waals surface area contributed by atoms with E-state index in [9.17, 15) is 22.0 Å². The molecule has 1 heterocycles. The van der Waals surface area contributed by atoms with Crippen molar-refractivity contribution in [1.82, 2.24) is 9.62 Å². The van der Waals surface area contributed by atoms with Gasteiger partial charge >= 0.3 is 0 Å². The smallest absolute Gasteiger partial charge is 0.246 e. The van der Waals surface area contributed by atoms with Crippen LogP contribution in [0.4, 0.5) is 8.78 Å². The number of hydrogen-bond donors (Lipinski definition) is 1. The van der Waals surface area contributed by atoms with Crippen LogP contribution in [-0.4, -0.2) is 38.3 Å². The molecule has 0 radical (unpaired) electrons. The third kappa shape index (κ3) is 2.90. The number of amides is 1. The van der Waals surface area contributed by atoms with E-state index in [2.05, 4.69) is 5.32 Å². The molecule has 1 aliphatic rings. The molecule has 8 heteroatoms. The normalized spacial score (nSPS) is 17.9. The van der Waals surface area contributed by atoms with Gasteiger partial charge in [0.25, 0.3) is 0 Å². The average molecular weight is 290 g/mol. The molecule has 0 aromatic heterocycles. The maximum absolute atomic E-state index is 13.6. The zero-order chi connectivity index (χ0) is 14.0. The van der Waals surface area contributed by atoms with Crippen molar-refractivity contribution in [1.29, 1.82) is 0 Å². The number of rotatable bonds is 2. The first kappa shape index (κ1) is 13.9. The van der Waals surface area contributed by atoms with Gasteiger partial charge in [-0.25, -0.2) is 17.2 Å². The van der Waals surface area contributed by atoms with Gasteiger partial charge in [-0.1, -0.05) is 0 Å². The Hall–Kier alpha value is -1.54. The zero-order valence-electron chi connectivity index (χ0n) is 9.90. The van der Waals surface area contributed by atoms with Gasteiger partial charge in [-0.15, -0.1) is 0 Å². The van der Waals surface area contributed by atoms with E-state index in [0.29, 0.717) is 19.0 Å². The molecule has 0 spiro atoms. The number of halogens is 2. The van der Waals surface area contributed by atoms with Crippen molar-refractivity contribution in [2.24, 2.45) is 0 Å². The SMILES string of the molecule is O=C1CN(S(=O)(=O)c2ccc(F)cc2F)CCCN1. The summed E-state index contributed by atoms with van der Waals surface area (Å²) in [7, 11) is -4.13. The maximum Gasteiger partial charge on any atom is 0.246 e. The van der Waals surface area contributed by atoms with Gasteiger partial charge in [-0.2, -0.15) is 4.31 Å². The van der Waals surface area contributed by atoms with E-state index in [4.69, 9.17) is 0 Å². The molecule has 104 valence electrons. The molecule has 1 aromatic carbocycles. The highest BCUT2D eigenvalue weighted by Gasteiger charge is 2.30. The van der Waals surface area contributed by atoms with E-state index in [-0.39, 0.29) is 13.1 Å². The van der Waals surface area contributed by atoms with E-state index < -0.39 is 32.5 Å². The predicted octanol–water partition coefficient (Wildman–Crippen LogP) is 0.475. The summed E-state index contributed by atoms with van der Waals surface area (Å²) >= 11 is 0. The lowest BCUT2D eigenvalue weighted by atomic mass is 10.3. The fourth-order valence-corrected chi connectivity index (χ4v) is 3.29. The number of nitrogens with one attached hydrogen (secondary N) is 1. The lowest BCUT2D eigenvalue weighted by Gasteiger charge is -2.19. The maximum atomic E-state index is 13.6. The summed E-state index contributed by atoms with van der Waals surface area (Å²) in [5.74, 6) is -2.46. The minimum absolute atomic E-state index is 0.109. The summed E-state index contributed by atoms with van der Waals surface area (Å²) in [6.45, 7) is 0.119. The van der Waals surface area contributed by atoms with Crippen LogP contribution in [0, 0.1) is 11.6 Å². The van der Waals surface area contributed by atoms with Crippen LogP contribution < -0.4 is 5.32 Å². The van der Waals surface area contributed by atoms with Crippen LogP contribution in [0.5, 0.6) is 0 Å². The van der Waals surface area contributed by atoms with E-state index in [1.54, 1.807) is 0 Å². The molecular formula is C11H12F2N2O3S. The van der Waals surface area contributed by atoms with Gasteiger partial charge in [0.1, 0.15) is 16.5 Å². The van der Waals surface area contributed by atoms with Gasteiger partial charge < -0.3 is 5.32 Å². The molecule has 2 rings (SSSR count). The zero-order valence-corrected chi connectivity index (χ0v) is 10.7. The number of nitrogens with zero attached hydrogens (tertiary/aromatic N) is 1. The molecule has 0 bridgehead atoms. The highest BCUT2D eigenvalue weighted by Crippen LogP contribution is 2.20. The van der Waals surface area contributed by atoms with Crippen LogP contribution in [0.3, 0.4) is 0 Å². The highest BCUT2D eigenvalue weighted by molar-refractivity contribution is 7.89. The van der Waals surface area contributed by atoms with Crippen LogP contribution in [0.1, 0.15) is 6.42 Å². The molecule has 0 atom stereocenters. The largest absolute Gasteiger partial charge is 0.355 e. The number of carbonyl (C=O) groups excluding carboxylic acids is 1. The Morgan fingerprint density at radius 2 is 2.00 bits per heavy atom. The predicted molar refractivity (Wildman–Crippen MR) is 62.7 cm³/mol. The lowest BCUT2D eigenvalue weighted by Crippen LogP contribution is -2.37. The lowest BCUT2D eigenvalue weighted by molar-refractivity contribution is -0.120. The molecule has 19 heavy (non-hydrogen) atoms. The van der Waals surface area contributed by atoms with Crippen molar-refractivity contribution >= 4 is 15.9 Å². The van der Waals surface area contributed by atoms with Gasteiger partial charge in [0, 0.05) is 19.2 Å². The molecule has 0 saturated carbocycles. The Morgan fingerprint density at radius 3 is 2.68 bits per heavy atom. The third-order valence-corrected chi connectivity index (χ3v) is 4.62. The van der Waals surface area contributed by atoms with Gasteiger partial charge in [-0.3, -0.25) is 4.79 Å². The molecule has 1 saturated heterocycles. The Bertz CT molecular complexity index is 604. The molecule has 1 amide bonds. The summed E-state index contributed by atoms with van der Waals surface area (Å²) < 4.78 is 51.6. The van der Waals surface area contributed by atoms with Crippen molar-refractivity contribution in [3.05, 3.63) is 29.8 Å². The molecular weight excluding hydrogens is 278 g/mol. The fourth-order valence-electron chi connectivity index (χ4n) is 1.81. The number of hydrogen-bond acceptors (Lipinski definition) is 3. The molecule has 1 aliphatic heterocycles. The Morgan fingerprint density at radius 1 is 1.26 bits per heavy atom. The highest BCUT2D eigenvalue weighted by atomic mass is 32.2. The van der Waals surface area contributed by atoms with Gasteiger partial charge in [0.05, 0.1) is 6.54 Å². The first-order valence-electron chi connectivity index (χ1n) is 5.63.